The molecule has 0 spiro atoms. The quantitative estimate of drug-likeness (QED) is 0.708. The summed E-state index contributed by atoms with van der Waals surface area (Å²) in [6, 6.07) is 8.35. The number of ketones is 1. The minimum absolute atomic E-state index is 0.0302. The van der Waals surface area contributed by atoms with Crippen LogP contribution in [0.4, 0.5) is 4.39 Å². The minimum atomic E-state index is -0.329. The lowest BCUT2D eigenvalue weighted by atomic mass is 10.1. The number of rotatable bonds is 7. The van der Waals surface area contributed by atoms with Crippen LogP contribution in [-0.4, -0.2) is 29.8 Å². The Morgan fingerprint density at radius 2 is 2.00 bits per heavy atom. The van der Waals surface area contributed by atoms with E-state index in [1.807, 2.05) is 0 Å². The van der Waals surface area contributed by atoms with Crippen molar-refractivity contribution in [1.82, 2.24) is 4.90 Å². The first-order valence-corrected chi connectivity index (χ1v) is 6.60. The summed E-state index contributed by atoms with van der Waals surface area (Å²) < 4.78 is 12.8. The van der Waals surface area contributed by atoms with Crippen LogP contribution in [-0.2, 0) is 0 Å². The Hall–Kier alpha value is -1.73. The molecule has 100 valence electrons. The van der Waals surface area contributed by atoms with E-state index in [0.717, 1.165) is 19.4 Å². The highest BCUT2D eigenvalue weighted by atomic mass is 19.1. The highest BCUT2D eigenvalue weighted by Crippen LogP contribution is 2.27. The van der Waals surface area contributed by atoms with E-state index >= 15 is 0 Å². The SMILES string of the molecule is N#CCCN(CCC(=O)c1ccc(F)cc1)C1CC1. The molecule has 3 nitrogen and oxygen atoms in total. The molecule has 0 bridgehead atoms. The van der Waals surface area contributed by atoms with Gasteiger partial charge in [-0.15, -0.1) is 0 Å². The first kappa shape index (κ1) is 13.7. The van der Waals surface area contributed by atoms with Crippen LogP contribution in [0.25, 0.3) is 0 Å². The summed E-state index contributed by atoms with van der Waals surface area (Å²) in [6.45, 7) is 1.42. The van der Waals surface area contributed by atoms with Crippen molar-refractivity contribution in [3.63, 3.8) is 0 Å². The molecule has 1 aromatic rings. The number of halogens is 1. The predicted octanol–water partition coefficient (Wildman–Crippen LogP) is 2.78. The lowest BCUT2D eigenvalue weighted by Gasteiger charge is -2.19. The van der Waals surface area contributed by atoms with Gasteiger partial charge in [0.2, 0.25) is 0 Å². The number of nitriles is 1. The summed E-state index contributed by atoms with van der Waals surface area (Å²) >= 11 is 0. The minimum Gasteiger partial charge on any atom is -0.299 e. The van der Waals surface area contributed by atoms with Crippen molar-refractivity contribution in [2.45, 2.75) is 31.7 Å². The fourth-order valence-corrected chi connectivity index (χ4v) is 2.14. The molecule has 1 saturated carbocycles. The van der Waals surface area contributed by atoms with E-state index in [9.17, 15) is 9.18 Å². The summed E-state index contributed by atoms with van der Waals surface area (Å²) in [7, 11) is 0. The number of benzene rings is 1. The van der Waals surface area contributed by atoms with Crippen molar-refractivity contribution in [2.24, 2.45) is 0 Å². The van der Waals surface area contributed by atoms with E-state index in [2.05, 4.69) is 11.0 Å². The van der Waals surface area contributed by atoms with Crippen molar-refractivity contribution < 1.29 is 9.18 Å². The number of carbonyl (C=O) groups excluding carboxylic acids is 1. The lowest BCUT2D eigenvalue weighted by molar-refractivity contribution is 0.0963. The highest BCUT2D eigenvalue weighted by molar-refractivity contribution is 5.96. The van der Waals surface area contributed by atoms with Crippen LogP contribution in [0.2, 0.25) is 0 Å². The molecular formula is C15H17FN2O. The third-order valence-electron chi connectivity index (χ3n) is 3.37. The molecule has 0 unspecified atom stereocenters. The molecule has 4 heteroatoms. The molecule has 2 rings (SSSR count). The molecule has 0 radical (unpaired) electrons. The van der Waals surface area contributed by atoms with Gasteiger partial charge in [-0.05, 0) is 37.1 Å². The Labute approximate surface area is 112 Å². The maximum atomic E-state index is 12.8. The Morgan fingerprint density at radius 1 is 1.32 bits per heavy atom. The van der Waals surface area contributed by atoms with E-state index in [4.69, 9.17) is 5.26 Å². The van der Waals surface area contributed by atoms with E-state index in [-0.39, 0.29) is 11.6 Å². The second kappa shape index (κ2) is 6.44. The van der Waals surface area contributed by atoms with Crippen LogP contribution in [0, 0.1) is 17.1 Å². The average molecular weight is 260 g/mol. The van der Waals surface area contributed by atoms with Crippen LogP contribution >= 0.6 is 0 Å². The predicted molar refractivity (Wildman–Crippen MR) is 70.2 cm³/mol. The summed E-state index contributed by atoms with van der Waals surface area (Å²) in [5.74, 6) is -0.298. The largest absolute Gasteiger partial charge is 0.299 e. The van der Waals surface area contributed by atoms with Gasteiger partial charge in [-0.3, -0.25) is 9.69 Å². The fraction of sp³-hybridized carbons (Fsp3) is 0.467. The van der Waals surface area contributed by atoms with Gasteiger partial charge in [0.25, 0.3) is 0 Å². The first-order chi connectivity index (χ1) is 9.20. The topological polar surface area (TPSA) is 44.1 Å². The van der Waals surface area contributed by atoms with Gasteiger partial charge in [0, 0.05) is 37.5 Å². The standard InChI is InChI=1S/C15H17FN2O/c16-13-4-2-12(3-5-13)15(19)8-11-18(10-1-9-17)14-6-7-14/h2-5,14H,1,6-8,10-11H2. The zero-order chi connectivity index (χ0) is 13.7. The van der Waals surface area contributed by atoms with Crippen molar-refractivity contribution in [3.8, 4) is 6.07 Å². The molecule has 0 N–H and O–H groups in total. The summed E-state index contributed by atoms with van der Waals surface area (Å²) in [6.07, 6.45) is 3.25. The normalized spacial score (nSPS) is 14.4. The van der Waals surface area contributed by atoms with Gasteiger partial charge in [-0.2, -0.15) is 5.26 Å². The molecule has 19 heavy (non-hydrogen) atoms. The maximum absolute atomic E-state index is 12.8. The zero-order valence-corrected chi connectivity index (χ0v) is 10.8. The molecule has 1 fully saturated rings. The van der Waals surface area contributed by atoms with Crippen LogP contribution in [0.3, 0.4) is 0 Å². The lowest BCUT2D eigenvalue weighted by Crippen LogP contribution is -2.29. The van der Waals surface area contributed by atoms with Crippen molar-refractivity contribution in [3.05, 3.63) is 35.6 Å². The van der Waals surface area contributed by atoms with Gasteiger partial charge < -0.3 is 0 Å². The van der Waals surface area contributed by atoms with Crippen molar-refractivity contribution in [1.29, 1.82) is 5.26 Å². The Bertz CT molecular complexity index is 474. The van der Waals surface area contributed by atoms with Gasteiger partial charge in [0.05, 0.1) is 6.07 Å². The van der Waals surface area contributed by atoms with Gasteiger partial charge in [0.15, 0.2) is 5.78 Å². The van der Waals surface area contributed by atoms with Crippen LogP contribution in [0.5, 0.6) is 0 Å². The summed E-state index contributed by atoms with van der Waals surface area (Å²) in [5, 5.41) is 8.62. The van der Waals surface area contributed by atoms with E-state index in [0.29, 0.717) is 31.0 Å². The van der Waals surface area contributed by atoms with Gasteiger partial charge in [-0.1, -0.05) is 0 Å². The van der Waals surface area contributed by atoms with E-state index in [1.165, 1.54) is 24.3 Å². The fourth-order valence-electron chi connectivity index (χ4n) is 2.14. The second-order valence-electron chi connectivity index (χ2n) is 4.86. The van der Waals surface area contributed by atoms with Gasteiger partial charge in [-0.25, -0.2) is 4.39 Å². The molecule has 0 atom stereocenters. The Balaban J connectivity index is 1.84. The van der Waals surface area contributed by atoms with E-state index in [1.54, 1.807) is 0 Å². The number of nitrogens with zero attached hydrogens (tertiary/aromatic N) is 2. The maximum Gasteiger partial charge on any atom is 0.164 e. The average Bonchev–Trinajstić information content (AvgIpc) is 3.24. The number of hydrogen-bond donors (Lipinski definition) is 0. The van der Waals surface area contributed by atoms with Gasteiger partial charge >= 0.3 is 0 Å². The number of carbonyl (C=O) groups is 1. The first-order valence-electron chi connectivity index (χ1n) is 6.60. The number of Topliss-reactive ketones (excluding diaryl/α,β-unsaturated/α-hetero) is 1. The molecule has 0 aromatic heterocycles. The Kier molecular flexibility index (Phi) is 4.64. The van der Waals surface area contributed by atoms with Crippen LogP contribution < -0.4 is 0 Å². The van der Waals surface area contributed by atoms with Crippen LogP contribution in [0.15, 0.2) is 24.3 Å². The Morgan fingerprint density at radius 3 is 2.58 bits per heavy atom. The molecule has 0 saturated heterocycles. The summed E-state index contributed by atoms with van der Waals surface area (Å²) in [4.78, 5) is 14.2. The molecule has 0 heterocycles. The van der Waals surface area contributed by atoms with E-state index < -0.39 is 0 Å². The highest BCUT2D eigenvalue weighted by Gasteiger charge is 2.28. The van der Waals surface area contributed by atoms with Crippen LogP contribution in [0.1, 0.15) is 36.0 Å². The molecule has 1 aliphatic rings. The molecule has 0 aliphatic heterocycles. The number of hydrogen-bond acceptors (Lipinski definition) is 3. The monoisotopic (exact) mass is 260 g/mol. The van der Waals surface area contributed by atoms with Crippen molar-refractivity contribution >= 4 is 5.78 Å². The summed E-state index contributed by atoms with van der Waals surface area (Å²) in [5.41, 5.74) is 0.553. The zero-order valence-electron chi connectivity index (χ0n) is 10.8. The molecular weight excluding hydrogens is 243 g/mol. The molecule has 0 amide bonds. The third kappa shape index (κ3) is 4.15. The smallest absolute Gasteiger partial charge is 0.164 e. The van der Waals surface area contributed by atoms with Gasteiger partial charge in [0.1, 0.15) is 5.82 Å². The molecule has 1 aromatic carbocycles. The second-order valence-corrected chi connectivity index (χ2v) is 4.86. The third-order valence-corrected chi connectivity index (χ3v) is 3.37. The molecule has 1 aliphatic carbocycles. The van der Waals surface area contributed by atoms with Crippen molar-refractivity contribution in [2.75, 3.05) is 13.1 Å².